The fourth-order valence-corrected chi connectivity index (χ4v) is 5.26. The van der Waals surface area contributed by atoms with E-state index in [1.807, 2.05) is 49.1 Å². The molecule has 190 valence electrons. The monoisotopic (exact) mass is 511 g/mol. The zero-order valence-corrected chi connectivity index (χ0v) is 21.3. The molecule has 4 rings (SSSR count). The molecule has 36 heavy (non-hydrogen) atoms. The van der Waals surface area contributed by atoms with E-state index in [4.69, 9.17) is 13.9 Å². The average Bonchev–Trinajstić information content (AvgIpc) is 3.50. The Balaban J connectivity index is 1.55. The number of carbonyl (C=O) groups excluding carboxylic acids is 1. The summed E-state index contributed by atoms with van der Waals surface area (Å²) in [5.74, 6) is 1.37. The Morgan fingerprint density at radius 1 is 1.25 bits per heavy atom. The highest BCUT2D eigenvalue weighted by Crippen LogP contribution is 2.29. The molecule has 0 aliphatic heterocycles. The van der Waals surface area contributed by atoms with Crippen LogP contribution in [0.25, 0.3) is 10.2 Å². The van der Waals surface area contributed by atoms with Gasteiger partial charge in [-0.15, -0.1) is 11.3 Å². The van der Waals surface area contributed by atoms with Crippen LogP contribution in [0.5, 0.6) is 5.75 Å². The molecule has 9 nitrogen and oxygen atoms in total. The van der Waals surface area contributed by atoms with Crippen molar-refractivity contribution in [2.45, 2.75) is 39.5 Å². The lowest BCUT2D eigenvalue weighted by atomic mass is 10.1. The lowest BCUT2D eigenvalue weighted by Gasteiger charge is -2.24. The lowest BCUT2D eigenvalue weighted by Crippen LogP contribution is -2.35. The fraction of sp³-hybridized carbons (Fsp3) is 0.346. The molecule has 0 amide bonds. The van der Waals surface area contributed by atoms with Gasteiger partial charge < -0.3 is 24.0 Å². The first kappa shape index (κ1) is 25.6. The highest BCUT2D eigenvalue weighted by Gasteiger charge is 2.23. The number of carbonyl (C=O) groups is 1. The number of H-pyrrole nitrogens is 1. The number of ether oxygens (including phenoxy) is 2. The Bertz CT molecular complexity index is 1380. The van der Waals surface area contributed by atoms with Gasteiger partial charge in [-0.2, -0.15) is 0 Å². The van der Waals surface area contributed by atoms with Crippen LogP contribution < -0.4 is 10.3 Å². The zero-order chi connectivity index (χ0) is 25.7. The summed E-state index contributed by atoms with van der Waals surface area (Å²) in [5.41, 5.74) is 1.32. The number of methoxy groups -OCH3 is 1. The van der Waals surface area contributed by atoms with E-state index in [2.05, 4.69) is 9.97 Å². The third kappa shape index (κ3) is 5.84. The lowest BCUT2D eigenvalue weighted by molar-refractivity contribution is 0.0592. The minimum Gasteiger partial charge on any atom is -0.491 e. The SMILES string of the molecule is CCc1c(C(=O)OC)sc2nc(CN(Cc3ccco3)C[C@H](O)COc3ccccc3C)[nH]c(=O)c12. The van der Waals surface area contributed by atoms with Crippen LogP contribution in [0, 0.1) is 6.92 Å². The van der Waals surface area contributed by atoms with E-state index in [-0.39, 0.29) is 25.3 Å². The molecule has 10 heteroatoms. The summed E-state index contributed by atoms with van der Waals surface area (Å²) >= 11 is 1.15. The second kappa shape index (κ2) is 11.5. The number of aromatic amines is 1. The molecule has 1 aromatic carbocycles. The summed E-state index contributed by atoms with van der Waals surface area (Å²) in [4.78, 5) is 35.4. The number of aromatic nitrogens is 2. The standard InChI is InChI=1S/C26H29N3O6S/c1-4-19-22-24(31)27-21(28-25(22)36-23(19)26(32)33-3)14-29(13-18-9-7-11-34-18)12-17(30)15-35-20-10-6-5-8-16(20)2/h5-11,17,30H,4,12-15H2,1-3H3,(H,27,28,31)/t17-/m0/s1. The van der Waals surface area contributed by atoms with Gasteiger partial charge in [-0.05, 0) is 42.7 Å². The minimum atomic E-state index is -0.797. The summed E-state index contributed by atoms with van der Waals surface area (Å²) in [6, 6.07) is 11.3. The number of aliphatic hydroxyl groups excluding tert-OH is 1. The van der Waals surface area contributed by atoms with Crippen LogP contribution in [0.4, 0.5) is 0 Å². The molecule has 1 atom stereocenters. The molecular formula is C26H29N3O6S. The van der Waals surface area contributed by atoms with E-state index in [1.165, 1.54) is 7.11 Å². The third-order valence-electron chi connectivity index (χ3n) is 5.76. The Hall–Kier alpha value is -3.47. The van der Waals surface area contributed by atoms with Crippen molar-refractivity contribution in [1.29, 1.82) is 0 Å². The molecule has 0 fully saturated rings. The summed E-state index contributed by atoms with van der Waals surface area (Å²) in [6.07, 6.45) is 1.30. The number of nitrogens with zero attached hydrogens (tertiary/aromatic N) is 2. The van der Waals surface area contributed by atoms with Crippen LogP contribution in [-0.2, 0) is 24.2 Å². The number of rotatable bonds is 11. The number of hydrogen-bond donors (Lipinski definition) is 2. The van der Waals surface area contributed by atoms with Crippen LogP contribution in [0.3, 0.4) is 0 Å². The number of aliphatic hydroxyl groups is 1. The predicted molar refractivity (Wildman–Crippen MR) is 136 cm³/mol. The van der Waals surface area contributed by atoms with Gasteiger partial charge in [0.15, 0.2) is 0 Å². The van der Waals surface area contributed by atoms with Crippen molar-refractivity contribution in [1.82, 2.24) is 14.9 Å². The Labute approximate surface area is 212 Å². The highest BCUT2D eigenvalue weighted by molar-refractivity contribution is 7.20. The smallest absolute Gasteiger partial charge is 0.348 e. The first-order valence-electron chi connectivity index (χ1n) is 11.6. The van der Waals surface area contributed by atoms with Gasteiger partial charge in [0.1, 0.15) is 39.8 Å². The molecule has 0 aliphatic carbocycles. The van der Waals surface area contributed by atoms with Crippen LogP contribution >= 0.6 is 11.3 Å². The molecular weight excluding hydrogens is 482 g/mol. The van der Waals surface area contributed by atoms with E-state index in [0.29, 0.717) is 45.2 Å². The number of thiophene rings is 1. The maximum absolute atomic E-state index is 13.0. The van der Waals surface area contributed by atoms with Crippen LogP contribution in [0.15, 0.2) is 51.9 Å². The number of benzene rings is 1. The van der Waals surface area contributed by atoms with Crippen molar-refractivity contribution in [3.05, 3.63) is 80.6 Å². The first-order valence-corrected chi connectivity index (χ1v) is 12.4. The first-order chi connectivity index (χ1) is 17.4. The van der Waals surface area contributed by atoms with Crippen molar-refractivity contribution < 1.29 is 23.8 Å². The number of nitrogens with one attached hydrogen (secondary N) is 1. The molecule has 0 saturated carbocycles. The maximum atomic E-state index is 13.0. The predicted octanol–water partition coefficient (Wildman–Crippen LogP) is 3.68. The zero-order valence-electron chi connectivity index (χ0n) is 20.4. The molecule has 0 bridgehead atoms. The number of fused-ring (bicyclic) bond motifs is 1. The Morgan fingerprint density at radius 3 is 2.75 bits per heavy atom. The van der Waals surface area contributed by atoms with Gasteiger partial charge in [0, 0.05) is 6.54 Å². The average molecular weight is 512 g/mol. The molecule has 0 saturated heterocycles. The summed E-state index contributed by atoms with van der Waals surface area (Å²) in [5, 5.41) is 11.1. The normalized spacial score (nSPS) is 12.2. The minimum absolute atomic E-state index is 0.107. The molecule has 2 N–H and O–H groups in total. The number of esters is 1. The summed E-state index contributed by atoms with van der Waals surface area (Å²) < 4.78 is 16.2. The van der Waals surface area contributed by atoms with Crippen LogP contribution in [0.1, 0.15) is 39.3 Å². The largest absolute Gasteiger partial charge is 0.491 e. The summed E-state index contributed by atoms with van der Waals surface area (Å²) in [6.45, 7) is 4.84. The molecule has 3 aromatic heterocycles. The second-order valence-corrected chi connectivity index (χ2v) is 9.43. The number of aryl methyl sites for hydroxylation is 2. The molecule has 0 aliphatic rings. The number of para-hydroxylation sites is 1. The van der Waals surface area contributed by atoms with Gasteiger partial charge in [-0.25, -0.2) is 9.78 Å². The molecule has 0 unspecified atom stereocenters. The molecule has 3 heterocycles. The maximum Gasteiger partial charge on any atom is 0.348 e. The summed E-state index contributed by atoms with van der Waals surface area (Å²) in [7, 11) is 1.32. The number of furan rings is 1. The van der Waals surface area contributed by atoms with Crippen molar-refractivity contribution in [3.8, 4) is 5.75 Å². The molecule has 0 radical (unpaired) electrons. The van der Waals surface area contributed by atoms with Gasteiger partial charge >= 0.3 is 5.97 Å². The van der Waals surface area contributed by atoms with E-state index in [1.54, 1.807) is 12.3 Å². The fourth-order valence-electron chi connectivity index (χ4n) is 4.05. The van der Waals surface area contributed by atoms with E-state index >= 15 is 0 Å². The second-order valence-electron chi connectivity index (χ2n) is 8.43. The van der Waals surface area contributed by atoms with Crippen LogP contribution in [0.2, 0.25) is 0 Å². The van der Waals surface area contributed by atoms with Crippen molar-refractivity contribution in [3.63, 3.8) is 0 Å². The van der Waals surface area contributed by atoms with Gasteiger partial charge in [0.2, 0.25) is 0 Å². The molecule has 4 aromatic rings. The van der Waals surface area contributed by atoms with Crippen molar-refractivity contribution in [2.75, 3.05) is 20.3 Å². The molecule has 0 spiro atoms. The highest BCUT2D eigenvalue weighted by atomic mass is 32.1. The van der Waals surface area contributed by atoms with E-state index in [0.717, 1.165) is 22.6 Å². The quantitative estimate of drug-likeness (QED) is 0.293. The topological polar surface area (TPSA) is 118 Å². The van der Waals surface area contributed by atoms with Crippen molar-refractivity contribution in [2.24, 2.45) is 0 Å². The van der Waals surface area contributed by atoms with E-state index < -0.39 is 12.1 Å². The van der Waals surface area contributed by atoms with E-state index in [9.17, 15) is 14.7 Å². The van der Waals surface area contributed by atoms with Crippen LogP contribution in [-0.4, -0.2) is 52.3 Å². The van der Waals surface area contributed by atoms with Gasteiger partial charge in [0.05, 0.1) is 31.8 Å². The Morgan fingerprint density at radius 2 is 2.06 bits per heavy atom. The Kier molecular flexibility index (Phi) is 8.19. The van der Waals surface area contributed by atoms with Gasteiger partial charge in [0.25, 0.3) is 5.56 Å². The van der Waals surface area contributed by atoms with Gasteiger partial charge in [-0.3, -0.25) is 9.69 Å². The van der Waals surface area contributed by atoms with Gasteiger partial charge in [-0.1, -0.05) is 25.1 Å². The number of hydrogen-bond acceptors (Lipinski definition) is 9. The third-order valence-corrected chi connectivity index (χ3v) is 6.87. The van der Waals surface area contributed by atoms with Crippen molar-refractivity contribution >= 4 is 27.5 Å².